The number of aryl methyl sites for hydroxylation is 1. The smallest absolute Gasteiger partial charge is 0.220 e. The Balaban J connectivity index is 1.48. The fourth-order valence-corrected chi connectivity index (χ4v) is 3.73. The standard InChI is InChI=1S/C24H32N2O3/c1-28-22-13-11-21(12-14-22)23(26-15-17-29-18-16-26)19-25-24(27)10-6-5-9-20-7-3-2-4-8-20/h2-4,7-8,11-14,23H,5-6,9-10,15-19H2,1H3,(H,25,27). The summed E-state index contributed by atoms with van der Waals surface area (Å²) in [5.74, 6) is 0.974. The molecule has 1 heterocycles. The first-order chi connectivity index (χ1) is 14.3. The molecule has 1 atom stereocenters. The number of carbonyl (C=O) groups is 1. The van der Waals surface area contributed by atoms with E-state index in [0.29, 0.717) is 13.0 Å². The van der Waals surface area contributed by atoms with Crippen LogP contribution in [0.25, 0.3) is 0 Å². The van der Waals surface area contributed by atoms with Gasteiger partial charge in [-0.2, -0.15) is 0 Å². The van der Waals surface area contributed by atoms with Gasteiger partial charge in [-0.15, -0.1) is 0 Å². The van der Waals surface area contributed by atoms with Gasteiger partial charge in [-0.05, 0) is 42.5 Å². The van der Waals surface area contributed by atoms with Crippen LogP contribution in [0.15, 0.2) is 54.6 Å². The summed E-state index contributed by atoms with van der Waals surface area (Å²) in [5, 5.41) is 3.15. The van der Waals surface area contributed by atoms with Crippen molar-refractivity contribution in [2.24, 2.45) is 0 Å². The Labute approximate surface area is 174 Å². The molecule has 1 aliphatic rings. The Hall–Kier alpha value is -2.37. The summed E-state index contributed by atoms with van der Waals surface area (Å²) in [7, 11) is 1.67. The molecule has 5 nitrogen and oxygen atoms in total. The van der Waals surface area contributed by atoms with Gasteiger partial charge in [-0.1, -0.05) is 42.5 Å². The molecular weight excluding hydrogens is 364 g/mol. The van der Waals surface area contributed by atoms with Gasteiger partial charge in [0.2, 0.25) is 5.91 Å². The molecule has 29 heavy (non-hydrogen) atoms. The number of rotatable bonds is 10. The highest BCUT2D eigenvalue weighted by atomic mass is 16.5. The monoisotopic (exact) mass is 396 g/mol. The third kappa shape index (κ3) is 6.87. The van der Waals surface area contributed by atoms with Gasteiger partial charge in [-0.25, -0.2) is 0 Å². The molecule has 0 saturated carbocycles. The SMILES string of the molecule is COc1ccc(C(CNC(=O)CCCCc2ccccc2)N2CCOCC2)cc1. The summed E-state index contributed by atoms with van der Waals surface area (Å²) < 4.78 is 10.8. The Morgan fingerprint density at radius 2 is 1.79 bits per heavy atom. The van der Waals surface area contributed by atoms with Crippen molar-refractivity contribution in [1.29, 1.82) is 0 Å². The maximum atomic E-state index is 12.4. The van der Waals surface area contributed by atoms with E-state index >= 15 is 0 Å². The van der Waals surface area contributed by atoms with Crippen molar-refractivity contribution < 1.29 is 14.3 Å². The van der Waals surface area contributed by atoms with Crippen LogP contribution in [0.2, 0.25) is 0 Å². The molecule has 2 aromatic rings. The Morgan fingerprint density at radius 1 is 1.07 bits per heavy atom. The molecule has 1 amide bonds. The van der Waals surface area contributed by atoms with Crippen molar-refractivity contribution in [1.82, 2.24) is 10.2 Å². The molecule has 2 aromatic carbocycles. The number of methoxy groups -OCH3 is 1. The van der Waals surface area contributed by atoms with E-state index < -0.39 is 0 Å². The lowest BCUT2D eigenvalue weighted by molar-refractivity contribution is -0.121. The summed E-state index contributed by atoms with van der Waals surface area (Å²) in [6.45, 7) is 3.84. The third-order valence-corrected chi connectivity index (χ3v) is 5.44. The number of unbranched alkanes of at least 4 members (excludes halogenated alkanes) is 1. The average Bonchev–Trinajstić information content (AvgIpc) is 2.79. The predicted molar refractivity (Wildman–Crippen MR) is 115 cm³/mol. The quantitative estimate of drug-likeness (QED) is 0.624. The Morgan fingerprint density at radius 3 is 2.48 bits per heavy atom. The van der Waals surface area contributed by atoms with Gasteiger partial charge in [0.15, 0.2) is 0 Å². The van der Waals surface area contributed by atoms with Crippen LogP contribution in [0.4, 0.5) is 0 Å². The fraction of sp³-hybridized carbons (Fsp3) is 0.458. The minimum Gasteiger partial charge on any atom is -0.497 e. The van der Waals surface area contributed by atoms with Crippen molar-refractivity contribution in [3.05, 3.63) is 65.7 Å². The van der Waals surface area contributed by atoms with Crippen molar-refractivity contribution in [3.63, 3.8) is 0 Å². The van der Waals surface area contributed by atoms with Crippen molar-refractivity contribution in [2.75, 3.05) is 40.0 Å². The van der Waals surface area contributed by atoms with E-state index in [4.69, 9.17) is 9.47 Å². The summed E-state index contributed by atoms with van der Waals surface area (Å²) >= 11 is 0. The zero-order chi connectivity index (χ0) is 20.3. The van der Waals surface area contributed by atoms with E-state index in [-0.39, 0.29) is 11.9 Å². The predicted octanol–water partition coefficient (Wildman–Crippen LogP) is 3.60. The summed E-state index contributed by atoms with van der Waals surface area (Å²) in [6.07, 6.45) is 3.54. The Kier molecular flexibility index (Phi) is 8.53. The maximum Gasteiger partial charge on any atom is 0.220 e. The maximum absolute atomic E-state index is 12.4. The van der Waals surface area contributed by atoms with Crippen LogP contribution < -0.4 is 10.1 Å². The molecule has 0 radical (unpaired) electrons. The lowest BCUT2D eigenvalue weighted by atomic mass is 10.0. The first kappa shape index (κ1) is 21.3. The van der Waals surface area contributed by atoms with E-state index in [0.717, 1.165) is 51.3 Å². The zero-order valence-corrected chi connectivity index (χ0v) is 17.3. The van der Waals surface area contributed by atoms with Crippen LogP contribution >= 0.6 is 0 Å². The van der Waals surface area contributed by atoms with Crippen LogP contribution in [0.3, 0.4) is 0 Å². The van der Waals surface area contributed by atoms with Gasteiger partial charge in [-0.3, -0.25) is 9.69 Å². The molecular formula is C24H32N2O3. The number of amides is 1. The number of hydrogen-bond acceptors (Lipinski definition) is 4. The van der Waals surface area contributed by atoms with Gasteiger partial charge in [0, 0.05) is 26.1 Å². The van der Waals surface area contributed by atoms with Gasteiger partial charge < -0.3 is 14.8 Å². The molecule has 1 saturated heterocycles. The molecule has 156 valence electrons. The number of nitrogens with zero attached hydrogens (tertiary/aromatic N) is 1. The van der Waals surface area contributed by atoms with E-state index in [9.17, 15) is 4.79 Å². The second kappa shape index (κ2) is 11.6. The number of benzene rings is 2. The molecule has 1 N–H and O–H groups in total. The Bertz CT molecular complexity index is 728. The first-order valence-corrected chi connectivity index (χ1v) is 10.5. The van der Waals surface area contributed by atoms with Gasteiger partial charge in [0.25, 0.3) is 0 Å². The molecule has 1 fully saturated rings. The van der Waals surface area contributed by atoms with Crippen molar-refractivity contribution in [3.8, 4) is 5.75 Å². The number of nitrogens with one attached hydrogen (secondary N) is 1. The number of carbonyl (C=O) groups excluding carboxylic acids is 1. The van der Waals surface area contributed by atoms with Crippen LogP contribution in [0, 0.1) is 0 Å². The van der Waals surface area contributed by atoms with Crippen molar-refractivity contribution in [2.45, 2.75) is 31.7 Å². The summed E-state index contributed by atoms with van der Waals surface area (Å²) in [4.78, 5) is 14.8. The number of morpholine rings is 1. The van der Waals surface area contributed by atoms with Gasteiger partial charge in [0.05, 0.1) is 26.4 Å². The van der Waals surface area contributed by atoms with Gasteiger partial charge >= 0.3 is 0 Å². The normalized spacial score (nSPS) is 15.6. The first-order valence-electron chi connectivity index (χ1n) is 10.5. The van der Waals surface area contributed by atoms with Crippen LogP contribution in [-0.4, -0.2) is 50.8 Å². The molecule has 0 aromatic heterocycles. The summed E-state index contributed by atoms with van der Waals surface area (Å²) in [5.41, 5.74) is 2.52. The van der Waals surface area contributed by atoms with E-state index in [1.807, 2.05) is 18.2 Å². The van der Waals surface area contributed by atoms with Crippen LogP contribution in [0.1, 0.15) is 36.4 Å². The van der Waals surface area contributed by atoms with E-state index in [2.05, 4.69) is 46.6 Å². The fourth-order valence-electron chi connectivity index (χ4n) is 3.73. The third-order valence-electron chi connectivity index (χ3n) is 5.44. The van der Waals surface area contributed by atoms with Crippen LogP contribution in [-0.2, 0) is 16.0 Å². The lowest BCUT2D eigenvalue weighted by Crippen LogP contribution is -2.43. The minimum absolute atomic E-state index is 0.129. The molecule has 5 heteroatoms. The number of hydrogen-bond donors (Lipinski definition) is 1. The highest BCUT2D eigenvalue weighted by Crippen LogP contribution is 2.23. The zero-order valence-electron chi connectivity index (χ0n) is 17.3. The molecule has 0 spiro atoms. The second-order valence-electron chi connectivity index (χ2n) is 7.43. The molecule has 0 aliphatic carbocycles. The highest BCUT2D eigenvalue weighted by Gasteiger charge is 2.23. The lowest BCUT2D eigenvalue weighted by Gasteiger charge is -2.35. The molecule has 3 rings (SSSR count). The topological polar surface area (TPSA) is 50.8 Å². The average molecular weight is 397 g/mol. The van der Waals surface area contributed by atoms with E-state index in [1.54, 1.807) is 7.11 Å². The van der Waals surface area contributed by atoms with Crippen LogP contribution in [0.5, 0.6) is 5.75 Å². The van der Waals surface area contributed by atoms with Crippen molar-refractivity contribution >= 4 is 5.91 Å². The minimum atomic E-state index is 0.129. The summed E-state index contributed by atoms with van der Waals surface area (Å²) in [6, 6.07) is 18.7. The largest absolute Gasteiger partial charge is 0.497 e. The highest BCUT2D eigenvalue weighted by molar-refractivity contribution is 5.75. The van der Waals surface area contributed by atoms with Gasteiger partial charge in [0.1, 0.15) is 5.75 Å². The molecule has 1 aliphatic heterocycles. The molecule has 1 unspecified atom stereocenters. The second-order valence-corrected chi connectivity index (χ2v) is 7.43. The van der Waals surface area contributed by atoms with E-state index in [1.165, 1.54) is 11.1 Å². The molecule has 0 bridgehead atoms. The number of ether oxygens (including phenoxy) is 2.